The van der Waals surface area contributed by atoms with E-state index in [0.29, 0.717) is 29.2 Å². The van der Waals surface area contributed by atoms with Crippen LogP contribution in [-0.4, -0.2) is 61.7 Å². The Balaban J connectivity index is 1.81. The van der Waals surface area contributed by atoms with Crippen molar-refractivity contribution in [1.82, 2.24) is 9.88 Å². The first-order valence-corrected chi connectivity index (χ1v) is 10.6. The fraction of sp³-hybridized carbons (Fsp3) is 0.435. The average Bonchev–Trinajstić information content (AvgIpc) is 3.20. The third-order valence-electron chi connectivity index (χ3n) is 5.57. The molecule has 1 unspecified atom stereocenters. The first-order valence-electron chi connectivity index (χ1n) is 10.6. The number of hydrogen-bond acceptors (Lipinski definition) is 6. The van der Waals surface area contributed by atoms with Crippen LogP contribution in [0.1, 0.15) is 29.3 Å². The van der Waals surface area contributed by atoms with Gasteiger partial charge in [0.25, 0.3) is 5.56 Å². The second-order valence-corrected chi connectivity index (χ2v) is 8.35. The molecule has 1 N–H and O–H groups in total. The lowest BCUT2D eigenvalue weighted by atomic mass is 10.0. The van der Waals surface area contributed by atoms with Crippen LogP contribution in [0.4, 0.5) is 18.9 Å². The maximum Gasteiger partial charge on any atom is 0.491 e. The van der Waals surface area contributed by atoms with E-state index >= 15 is 0 Å². The van der Waals surface area contributed by atoms with Crippen LogP contribution in [0.5, 0.6) is 0 Å². The maximum atomic E-state index is 12.4. The van der Waals surface area contributed by atoms with Gasteiger partial charge in [0.15, 0.2) is 0 Å². The van der Waals surface area contributed by atoms with Crippen molar-refractivity contribution in [3.63, 3.8) is 0 Å². The number of aromatic nitrogens is 1. The largest absolute Gasteiger partial charge is 0.491 e. The third-order valence-corrected chi connectivity index (χ3v) is 5.57. The van der Waals surface area contributed by atoms with Gasteiger partial charge in [0.2, 0.25) is 0 Å². The zero-order valence-corrected chi connectivity index (χ0v) is 18.7. The van der Waals surface area contributed by atoms with Gasteiger partial charge in [-0.1, -0.05) is 19.1 Å². The number of aromatic amines is 1. The number of H-pyrrole nitrogens is 1. The molecule has 1 atom stereocenters. The molecule has 2 heterocycles. The summed E-state index contributed by atoms with van der Waals surface area (Å²) in [5.74, 6) is -3.71. The molecule has 1 aromatic heterocycles. The van der Waals surface area contributed by atoms with Gasteiger partial charge in [0, 0.05) is 25.3 Å². The lowest BCUT2D eigenvalue weighted by Gasteiger charge is -2.20. The predicted octanol–water partition coefficient (Wildman–Crippen LogP) is 3.24. The van der Waals surface area contributed by atoms with Crippen LogP contribution in [0.2, 0.25) is 0 Å². The summed E-state index contributed by atoms with van der Waals surface area (Å²) in [6.45, 7) is 4.72. The Morgan fingerprint density at radius 1 is 1.21 bits per heavy atom. The first-order chi connectivity index (χ1) is 15.5. The second kappa shape index (κ2) is 9.78. The van der Waals surface area contributed by atoms with Crippen molar-refractivity contribution in [2.45, 2.75) is 25.9 Å². The van der Waals surface area contributed by atoms with Crippen LogP contribution in [0.15, 0.2) is 35.1 Å². The van der Waals surface area contributed by atoms with Crippen LogP contribution >= 0.6 is 0 Å². The van der Waals surface area contributed by atoms with Gasteiger partial charge in [0.05, 0.1) is 5.69 Å². The topological polar surface area (TPSA) is 82.7 Å². The van der Waals surface area contributed by atoms with E-state index in [4.69, 9.17) is 0 Å². The number of nitrogens with zero attached hydrogens (tertiary/aromatic N) is 2. The lowest BCUT2D eigenvalue weighted by Crippen LogP contribution is -2.30. The number of nitrogens with one attached hydrogen (secondary N) is 1. The van der Waals surface area contributed by atoms with Gasteiger partial charge in [-0.2, -0.15) is 13.2 Å². The Morgan fingerprint density at radius 2 is 1.88 bits per heavy atom. The minimum Gasteiger partial charge on any atom is -0.382 e. The highest BCUT2D eigenvalue weighted by Crippen LogP contribution is 2.28. The summed E-state index contributed by atoms with van der Waals surface area (Å²) in [6.07, 6.45) is -3.83. The molecule has 0 spiro atoms. The van der Waals surface area contributed by atoms with Crippen molar-refractivity contribution >= 4 is 17.6 Å². The van der Waals surface area contributed by atoms with Gasteiger partial charge in [-0.3, -0.25) is 4.79 Å². The van der Waals surface area contributed by atoms with Crippen LogP contribution in [0, 0.1) is 5.92 Å². The molecule has 1 aliphatic rings. The smallest absolute Gasteiger partial charge is 0.382 e. The quantitative estimate of drug-likeness (QED) is 0.521. The van der Waals surface area contributed by atoms with Crippen molar-refractivity contribution in [3.8, 4) is 11.3 Å². The fourth-order valence-electron chi connectivity index (χ4n) is 4.03. The number of carbonyl (C=O) groups excluding carboxylic acids is 2. The van der Waals surface area contributed by atoms with E-state index in [1.54, 1.807) is 6.92 Å². The van der Waals surface area contributed by atoms with E-state index in [1.165, 1.54) is 6.07 Å². The van der Waals surface area contributed by atoms with Crippen LogP contribution in [-0.2, 0) is 16.0 Å². The Bertz CT molecular complexity index is 1080. The van der Waals surface area contributed by atoms with Gasteiger partial charge in [-0.05, 0) is 62.2 Å². The molecule has 0 aliphatic carbocycles. The maximum absolute atomic E-state index is 12.4. The number of rotatable bonds is 6. The number of halogens is 3. The Hall–Kier alpha value is -3.14. The summed E-state index contributed by atoms with van der Waals surface area (Å²) in [5.41, 5.74) is 1.15. The normalized spacial score (nSPS) is 16.3. The second-order valence-electron chi connectivity index (χ2n) is 8.35. The standard InChI is InChI=1S/C23H26F3N3O4/c1-4-15-11-18(21(31)33-22(32)23(24,25)26)20(30)27-19(15)16-5-7-17(8-6-16)29-10-9-14(13-29)12-28(2)3/h5-8,11,14H,4,9-10,12-13H2,1-3H3,(H,27,30). The highest BCUT2D eigenvalue weighted by molar-refractivity contribution is 5.98. The van der Waals surface area contributed by atoms with Crippen molar-refractivity contribution in [2.75, 3.05) is 38.6 Å². The molecule has 7 nitrogen and oxygen atoms in total. The summed E-state index contributed by atoms with van der Waals surface area (Å²) >= 11 is 0. The SMILES string of the molecule is CCc1cc(C(=O)OC(=O)C(F)(F)F)c(=O)[nH]c1-c1ccc(N2CCC(CN(C)C)C2)cc1. The Morgan fingerprint density at radius 3 is 2.45 bits per heavy atom. The molecular weight excluding hydrogens is 439 g/mol. The summed E-state index contributed by atoms with van der Waals surface area (Å²) in [5, 5.41) is 0. The van der Waals surface area contributed by atoms with Gasteiger partial charge < -0.3 is 19.5 Å². The molecular formula is C23H26F3N3O4. The van der Waals surface area contributed by atoms with Crippen molar-refractivity contribution < 1.29 is 27.5 Å². The third kappa shape index (κ3) is 5.81. The van der Waals surface area contributed by atoms with Crippen molar-refractivity contribution in [1.29, 1.82) is 0 Å². The number of aryl methyl sites for hydroxylation is 1. The predicted molar refractivity (Wildman–Crippen MR) is 117 cm³/mol. The molecule has 1 aromatic carbocycles. The Kier molecular flexibility index (Phi) is 7.26. The number of carbonyl (C=O) groups is 2. The molecule has 0 saturated carbocycles. The number of anilines is 1. The molecule has 10 heteroatoms. The monoisotopic (exact) mass is 465 g/mol. The van der Waals surface area contributed by atoms with Gasteiger partial charge in [-0.25, -0.2) is 9.59 Å². The van der Waals surface area contributed by atoms with Gasteiger partial charge in [0.1, 0.15) is 5.56 Å². The van der Waals surface area contributed by atoms with Crippen molar-refractivity contribution in [2.24, 2.45) is 5.92 Å². The molecule has 1 fully saturated rings. The zero-order valence-electron chi connectivity index (χ0n) is 18.7. The fourth-order valence-corrected chi connectivity index (χ4v) is 4.03. The molecule has 0 radical (unpaired) electrons. The Labute approximate surface area is 189 Å². The van der Waals surface area contributed by atoms with E-state index in [0.717, 1.165) is 31.7 Å². The molecule has 3 rings (SSSR count). The number of hydrogen-bond donors (Lipinski definition) is 1. The minimum atomic E-state index is -5.33. The number of ether oxygens (including phenoxy) is 1. The summed E-state index contributed by atoms with van der Waals surface area (Å²) < 4.78 is 40.9. The molecule has 1 saturated heterocycles. The first kappa shape index (κ1) is 24.5. The lowest BCUT2D eigenvalue weighted by molar-refractivity contribution is -0.193. The van der Waals surface area contributed by atoms with Crippen LogP contribution < -0.4 is 10.5 Å². The summed E-state index contributed by atoms with van der Waals surface area (Å²) in [6, 6.07) is 8.78. The van der Waals surface area contributed by atoms with E-state index in [-0.39, 0.29) is 0 Å². The van der Waals surface area contributed by atoms with E-state index in [1.807, 2.05) is 24.3 Å². The van der Waals surface area contributed by atoms with E-state index < -0.39 is 29.2 Å². The highest BCUT2D eigenvalue weighted by Gasteiger charge is 2.43. The number of benzene rings is 1. The molecule has 33 heavy (non-hydrogen) atoms. The number of esters is 2. The summed E-state index contributed by atoms with van der Waals surface area (Å²) in [7, 11) is 4.12. The van der Waals surface area contributed by atoms with Crippen LogP contribution in [0.25, 0.3) is 11.3 Å². The van der Waals surface area contributed by atoms with E-state index in [9.17, 15) is 27.6 Å². The van der Waals surface area contributed by atoms with Crippen LogP contribution in [0.3, 0.4) is 0 Å². The number of alkyl halides is 3. The summed E-state index contributed by atoms with van der Waals surface area (Å²) in [4.78, 5) is 42.3. The molecule has 0 amide bonds. The molecule has 178 valence electrons. The number of pyridine rings is 1. The van der Waals surface area contributed by atoms with E-state index in [2.05, 4.69) is 33.6 Å². The molecule has 0 bridgehead atoms. The average molecular weight is 465 g/mol. The van der Waals surface area contributed by atoms with Gasteiger partial charge >= 0.3 is 18.1 Å². The minimum absolute atomic E-state index is 0.389. The zero-order chi connectivity index (χ0) is 24.3. The highest BCUT2D eigenvalue weighted by atomic mass is 19.4. The van der Waals surface area contributed by atoms with Crippen molar-refractivity contribution in [3.05, 3.63) is 51.8 Å². The molecule has 1 aliphatic heterocycles. The van der Waals surface area contributed by atoms with Gasteiger partial charge in [-0.15, -0.1) is 0 Å². The molecule has 2 aromatic rings.